The number of fused-ring (bicyclic) bond motifs is 1. The number of aromatic amines is 1. The second-order valence-corrected chi connectivity index (χ2v) is 7.03. The Bertz CT molecular complexity index is 785. The van der Waals surface area contributed by atoms with Gasteiger partial charge >= 0.3 is 0 Å². The average molecular weight is 341 g/mol. The molecule has 0 fully saturated rings. The quantitative estimate of drug-likeness (QED) is 0.845. The number of nitrogens with one attached hydrogen (secondary N) is 1. The minimum atomic E-state index is -0.320. The van der Waals surface area contributed by atoms with Crippen LogP contribution in [0.3, 0.4) is 0 Å². The van der Waals surface area contributed by atoms with Gasteiger partial charge in [0.1, 0.15) is 5.82 Å². The molecule has 1 atom stereocenters. The van der Waals surface area contributed by atoms with Gasteiger partial charge in [0.2, 0.25) is 0 Å². The molecule has 3 rings (SSSR count). The van der Waals surface area contributed by atoms with Gasteiger partial charge in [-0.1, -0.05) is 43.2 Å². The minimum Gasteiger partial charge on any atom is -0.392 e. The van der Waals surface area contributed by atoms with E-state index in [1.807, 2.05) is 6.07 Å². The Morgan fingerprint density at radius 3 is 3.00 bits per heavy atom. The molecule has 134 valence electrons. The highest BCUT2D eigenvalue weighted by molar-refractivity contribution is 5.27. The maximum absolute atomic E-state index is 12.5. The maximum Gasteiger partial charge on any atom is 0.255 e. The summed E-state index contributed by atoms with van der Waals surface area (Å²) in [6.45, 7) is 6.17. The molecule has 0 spiro atoms. The summed E-state index contributed by atoms with van der Waals surface area (Å²) < 4.78 is 0. The van der Waals surface area contributed by atoms with Crippen molar-refractivity contribution in [2.75, 3.05) is 13.1 Å². The summed E-state index contributed by atoms with van der Waals surface area (Å²) in [5.41, 5.74) is 3.99. The summed E-state index contributed by atoms with van der Waals surface area (Å²) in [5.74, 6) is 0.730. The zero-order valence-electron chi connectivity index (χ0n) is 15.1. The van der Waals surface area contributed by atoms with Crippen molar-refractivity contribution in [2.24, 2.45) is 0 Å². The molecule has 2 aromatic rings. The predicted octanol–water partition coefficient (Wildman–Crippen LogP) is 2.19. The standard InChI is InChI=1S/C20H27N3O2/c1-3-5-16(24)12-23-9-8-18-17(13-23)20(25)22-19(21-18)11-15-7-4-6-14(2)10-15/h4,6-7,10,16,24H,3,5,8-9,11-13H2,1-2H3,(H,21,22,25). The van der Waals surface area contributed by atoms with Gasteiger partial charge < -0.3 is 10.1 Å². The first kappa shape index (κ1) is 17.8. The van der Waals surface area contributed by atoms with Crippen molar-refractivity contribution in [3.8, 4) is 0 Å². The number of benzene rings is 1. The highest BCUT2D eigenvalue weighted by Crippen LogP contribution is 2.16. The molecule has 25 heavy (non-hydrogen) atoms. The van der Waals surface area contributed by atoms with Crippen LogP contribution in [0.4, 0.5) is 0 Å². The fourth-order valence-electron chi connectivity index (χ4n) is 3.51. The number of aromatic nitrogens is 2. The highest BCUT2D eigenvalue weighted by Gasteiger charge is 2.22. The number of hydrogen-bond donors (Lipinski definition) is 2. The van der Waals surface area contributed by atoms with Crippen LogP contribution in [-0.2, 0) is 19.4 Å². The van der Waals surface area contributed by atoms with Gasteiger partial charge in [0.05, 0.1) is 17.4 Å². The van der Waals surface area contributed by atoms with Gasteiger partial charge in [-0.2, -0.15) is 0 Å². The van der Waals surface area contributed by atoms with Crippen molar-refractivity contribution in [1.82, 2.24) is 14.9 Å². The Balaban J connectivity index is 1.74. The summed E-state index contributed by atoms with van der Waals surface area (Å²) in [6, 6.07) is 8.27. The zero-order chi connectivity index (χ0) is 17.8. The number of nitrogens with zero attached hydrogens (tertiary/aromatic N) is 2. The van der Waals surface area contributed by atoms with E-state index in [1.165, 1.54) is 5.56 Å². The monoisotopic (exact) mass is 341 g/mol. The fourth-order valence-corrected chi connectivity index (χ4v) is 3.51. The summed E-state index contributed by atoms with van der Waals surface area (Å²) in [4.78, 5) is 22.3. The Hall–Kier alpha value is -1.98. The molecule has 0 saturated carbocycles. The SMILES string of the molecule is CCCC(O)CN1CCc2nc(Cc3cccc(C)c3)[nH]c(=O)c2C1. The average Bonchev–Trinajstić information content (AvgIpc) is 2.56. The number of aliphatic hydroxyl groups excluding tert-OH is 1. The maximum atomic E-state index is 12.5. The molecule has 5 heteroatoms. The first-order valence-electron chi connectivity index (χ1n) is 9.12. The van der Waals surface area contributed by atoms with E-state index in [0.29, 0.717) is 19.5 Å². The van der Waals surface area contributed by atoms with Gasteiger partial charge in [-0.15, -0.1) is 0 Å². The molecule has 0 saturated heterocycles. The van der Waals surface area contributed by atoms with Crippen LogP contribution in [0.25, 0.3) is 0 Å². The van der Waals surface area contributed by atoms with Gasteiger partial charge in [0, 0.05) is 32.5 Å². The lowest BCUT2D eigenvalue weighted by Crippen LogP contribution is -2.40. The molecule has 1 aliphatic heterocycles. The number of β-amino-alcohol motifs (C(OH)–C–C–N with tert-alkyl or cyclic N) is 1. The Labute approximate surface area is 148 Å². The van der Waals surface area contributed by atoms with Crippen molar-refractivity contribution in [3.05, 3.63) is 62.8 Å². The topological polar surface area (TPSA) is 69.2 Å². The van der Waals surface area contributed by atoms with E-state index in [9.17, 15) is 9.90 Å². The lowest BCUT2D eigenvalue weighted by atomic mass is 10.0. The van der Waals surface area contributed by atoms with Crippen LogP contribution >= 0.6 is 0 Å². The van der Waals surface area contributed by atoms with E-state index in [2.05, 4.69) is 41.9 Å². The molecular weight excluding hydrogens is 314 g/mol. The third-order valence-corrected chi connectivity index (χ3v) is 4.74. The van der Waals surface area contributed by atoms with Gasteiger partial charge in [-0.3, -0.25) is 9.69 Å². The molecule has 1 unspecified atom stereocenters. The van der Waals surface area contributed by atoms with Gasteiger partial charge in [0.15, 0.2) is 0 Å². The second kappa shape index (κ2) is 7.93. The van der Waals surface area contributed by atoms with E-state index in [0.717, 1.165) is 48.5 Å². The van der Waals surface area contributed by atoms with E-state index < -0.39 is 0 Å². The zero-order valence-corrected chi connectivity index (χ0v) is 15.1. The molecule has 5 nitrogen and oxygen atoms in total. The Morgan fingerprint density at radius 1 is 1.40 bits per heavy atom. The van der Waals surface area contributed by atoms with E-state index in [1.54, 1.807) is 0 Å². The normalized spacial score (nSPS) is 15.8. The second-order valence-electron chi connectivity index (χ2n) is 7.03. The lowest BCUT2D eigenvalue weighted by Gasteiger charge is -2.29. The van der Waals surface area contributed by atoms with Crippen molar-refractivity contribution < 1.29 is 5.11 Å². The molecule has 0 radical (unpaired) electrons. The number of H-pyrrole nitrogens is 1. The summed E-state index contributed by atoms with van der Waals surface area (Å²) >= 11 is 0. The molecule has 1 aromatic carbocycles. The molecule has 2 heterocycles. The fraction of sp³-hybridized carbons (Fsp3) is 0.500. The number of aliphatic hydroxyl groups is 1. The van der Waals surface area contributed by atoms with Crippen LogP contribution in [0.2, 0.25) is 0 Å². The highest BCUT2D eigenvalue weighted by atomic mass is 16.3. The van der Waals surface area contributed by atoms with Crippen LogP contribution in [0, 0.1) is 6.92 Å². The van der Waals surface area contributed by atoms with Gasteiger partial charge in [0.25, 0.3) is 5.56 Å². The molecular formula is C20H27N3O2. The molecule has 2 N–H and O–H groups in total. The molecule has 1 aliphatic rings. The smallest absolute Gasteiger partial charge is 0.255 e. The molecule has 0 aliphatic carbocycles. The van der Waals surface area contributed by atoms with Crippen molar-refractivity contribution in [2.45, 2.75) is 52.2 Å². The van der Waals surface area contributed by atoms with Crippen LogP contribution in [0.1, 0.15) is 48.0 Å². The number of rotatable bonds is 6. The summed E-state index contributed by atoms with van der Waals surface area (Å²) in [5, 5.41) is 10.0. The lowest BCUT2D eigenvalue weighted by molar-refractivity contribution is 0.0972. The molecule has 1 aromatic heterocycles. The largest absolute Gasteiger partial charge is 0.392 e. The predicted molar refractivity (Wildman–Crippen MR) is 98.7 cm³/mol. The number of hydrogen-bond acceptors (Lipinski definition) is 4. The van der Waals surface area contributed by atoms with Crippen LogP contribution in [-0.4, -0.2) is 39.2 Å². The van der Waals surface area contributed by atoms with Crippen LogP contribution in [0.5, 0.6) is 0 Å². The summed E-state index contributed by atoms with van der Waals surface area (Å²) in [7, 11) is 0. The Morgan fingerprint density at radius 2 is 2.24 bits per heavy atom. The van der Waals surface area contributed by atoms with E-state index in [-0.39, 0.29) is 11.7 Å². The van der Waals surface area contributed by atoms with E-state index in [4.69, 9.17) is 4.98 Å². The first-order valence-corrected chi connectivity index (χ1v) is 9.12. The third kappa shape index (κ3) is 4.55. The number of aryl methyl sites for hydroxylation is 1. The molecule has 0 bridgehead atoms. The minimum absolute atomic E-state index is 0.0395. The van der Waals surface area contributed by atoms with Gasteiger partial charge in [-0.05, 0) is 18.9 Å². The van der Waals surface area contributed by atoms with Crippen LogP contribution < -0.4 is 5.56 Å². The first-order chi connectivity index (χ1) is 12.0. The van der Waals surface area contributed by atoms with E-state index >= 15 is 0 Å². The van der Waals surface area contributed by atoms with Crippen LogP contribution in [0.15, 0.2) is 29.1 Å². The van der Waals surface area contributed by atoms with Crippen molar-refractivity contribution in [3.63, 3.8) is 0 Å². The summed E-state index contributed by atoms with van der Waals surface area (Å²) in [6.07, 6.45) is 2.85. The Kier molecular flexibility index (Phi) is 5.66. The van der Waals surface area contributed by atoms with Gasteiger partial charge in [-0.25, -0.2) is 4.98 Å². The third-order valence-electron chi connectivity index (χ3n) is 4.74. The van der Waals surface area contributed by atoms with Crippen molar-refractivity contribution in [1.29, 1.82) is 0 Å². The van der Waals surface area contributed by atoms with Crippen molar-refractivity contribution >= 4 is 0 Å². The molecule has 0 amide bonds.